The van der Waals surface area contributed by atoms with Gasteiger partial charge in [-0.1, -0.05) is 19.8 Å². The molecule has 21 heavy (non-hydrogen) atoms. The molecule has 1 aromatic heterocycles. The standard InChI is InChI=1S/C13H14N2O6/c1-2-3-4-7-20-12(16)14-10-6-5-9(15(18)19)8-11(10)21-13(14)17/h5-6,8H,2-4,7H2,1H3. The van der Waals surface area contributed by atoms with Crippen LogP contribution >= 0.6 is 0 Å². The molecule has 0 fully saturated rings. The van der Waals surface area contributed by atoms with Crippen molar-refractivity contribution in [1.82, 2.24) is 4.57 Å². The number of hydrogen-bond donors (Lipinski definition) is 0. The second-order valence-electron chi connectivity index (χ2n) is 4.43. The molecule has 0 amide bonds. The van der Waals surface area contributed by atoms with E-state index in [2.05, 4.69) is 0 Å². The number of nitrogens with zero attached hydrogens (tertiary/aromatic N) is 2. The number of carbonyl (C=O) groups is 1. The number of oxazole rings is 1. The molecule has 0 radical (unpaired) electrons. The van der Waals surface area contributed by atoms with Gasteiger partial charge in [-0.2, -0.15) is 4.57 Å². The highest BCUT2D eigenvalue weighted by Gasteiger charge is 2.19. The van der Waals surface area contributed by atoms with Crippen molar-refractivity contribution in [3.63, 3.8) is 0 Å². The molecule has 0 N–H and O–H groups in total. The van der Waals surface area contributed by atoms with E-state index in [-0.39, 0.29) is 23.4 Å². The van der Waals surface area contributed by atoms with Gasteiger partial charge in [-0.25, -0.2) is 9.59 Å². The zero-order valence-electron chi connectivity index (χ0n) is 11.4. The number of rotatable bonds is 5. The molecule has 8 nitrogen and oxygen atoms in total. The Hall–Kier alpha value is -2.64. The average molecular weight is 294 g/mol. The molecular formula is C13H14N2O6. The summed E-state index contributed by atoms with van der Waals surface area (Å²) in [4.78, 5) is 33.6. The number of nitro benzene ring substituents is 1. The number of fused-ring (bicyclic) bond motifs is 1. The maximum absolute atomic E-state index is 11.9. The molecule has 0 saturated carbocycles. The molecule has 0 bridgehead atoms. The van der Waals surface area contributed by atoms with Crippen LogP contribution in [-0.2, 0) is 4.74 Å². The lowest BCUT2D eigenvalue weighted by Crippen LogP contribution is -2.24. The van der Waals surface area contributed by atoms with E-state index < -0.39 is 16.8 Å². The molecule has 2 aromatic rings. The van der Waals surface area contributed by atoms with E-state index in [4.69, 9.17) is 9.15 Å². The molecule has 112 valence electrons. The smallest absolute Gasteiger partial charge is 0.429 e. The summed E-state index contributed by atoms with van der Waals surface area (Å²) in [6.07, 6.45) is 1.76. The molecular weight excluding hydrogens is 280 g/mol. The zero-order chi connectivity index (χ0) is 15.4. The quantitative estimate of drug-likeness (QED) is 0.477. The fourth-order valence-corrected chi connectivity index (χ4v) is 1.87. The van der Waals surface area contributed by atoms with Crippen molar-refractivity contribution in [2.45, 2.75) is 26.2 Å². The lowest BCUT2D eigenvalue weighted by Gasteiger charge is -2.03. The van der Waals surface area contributed by atoms with E-state index in [9.17, 15) is 19.7 Å². The van der Waals surface area contributed by atoms with Crippen LogP contribution in [0.15, 0.2) is 27.4 Å². The minimum Gasteiger partial charge on any atom is -0.449 e. The molecule has 8 heteroatoms. The molecule has 0 unspecified atom stereocenters. The van der Waals surface area contributed by atoms with Gasteiger partial charge in [0.05, 0.1) is 17.6 Å². The third kappa shape index (κ3) is 3.10. The molecule has 0 atom stereocenters. The van der Waals surface area contributed by atoms with Gasteiger partial charge in [-0.05, 0) is 12.5 Å². The maximum Gasteiger partial charge on any atom is 0.429 e. The molecule has 1 heterocycles. The number of non-ortho nitro benzene ring substituents is 1. The Morgan fingerprint density at radius 1 is 1.43 bits per heavy atom. The van der Waals surface area contributed by atoms with Gasteiger partial charge in [0.1, 0.15) is 5.52 Å². The summed E-state index contributed by atoms with van der Waals surface area (Å²) in [5, 5.41) is 10.7. The van der Waals surface area contributed by atoms with Gasteiger partial charge in [0.15, 0.2) is 5.58 Å². The molecule has 2 rings (SSSR count). The number of aromatic nitrogens is 1. The SMILES string of the molecule is CCCCCOC(=O)n1c(=O)oc2cc([N+](=O)[O-])ccc21. The maximum atomic E-state index is 11.9. The number of benzene rings is 1. The second kappa shape index (κ2) is 6.21. The van der Waals surface area contributed by atoms with Gasteiger partial charge < -0.3 is 9.15 Å². The van der Waals surface area contributed by atoms with E-state index >= 15 is 0 Å². The highest BCUT2D eigenvalue weighted by Crippen LogP contribution is 2.20. The van der Waals surface area contributed by atoms with Crippen LogP contribution in [-0.4, -0.2) is 22.2 Å². The van der Waals surface area contributed by atoms with E-state index in [0.29, 0.717) is 6.42 Å². The lowest BCUT2D eigenvalue weighted by atomic mass is 10.3. The van der Waals surface area contributed by atoms with Crippen molar-refractivity contribution in [3.05, 3.63) is 38.9 Å². The third-order valence-electron chi connectivity index (χ3n) is 2.93. The summed E-state index contributed by atoms with van der Waals surface area (Å²) in [6.45, 7) is 2.22. The van der Waals surface area contributed by atoms with Crippen LogP contribution in [0.4, 0.5) is 10.5 Å². The third-order valence-corrected chi connectivity index (χ3v) is 2.93. The minimum absolute atomic E-state index is 0.0280. The predicted octanol–water partition coefficient (Wildman–Crippen LogP) is 2.68. The van der Waals surface area contributed by atoms with Crippen LogP contribution in [0.3, 0.4) is 0 Å². The number of unbranched alkanes of at least 4 members (excludes halogenated alkanes) is 2. The Morgan fingerprint density at radius 2 is 2.19 bits per heavy atom. The molecule has 0 saturated heterocycles. The van der Waals surface area contributed by atoms with Crippen molar-refractivity contribution in [2.24, 2.45) is 0 Å². The Morgan fingerprint density at radius 3 is 2.86 bits per heavy atom. The van der Waals surface area contributed by atoms with Crippen LogP contribution in [0.1, 0.15) is 26.2 Å². The largest absolute Gasteiger partial charge is 0.449 e. The first-order valence-corrected chi connectivity index (χ1v) is 6.51. The Labute approximate surface area is 119 Å². The van der Waals surface area contributed by atoms with Crippen LogP contribution in [0.25, 0.3) is 11.1 Å². The lowest BCUT2D eigenvalue weighted by molar-refractivity contribution is -0.384. The normalized spacial score (nSPS) is 10.7. The first-order chi connectivity index (χ1) is 10.0. The summed E-state index contributed by atoms with van der Waals surface area (Å²) in [5.41, 5.74) is -0.106. The number of carbonyl (C=O) groups excluding carboxylic acids is 1. The van der Waals surface area contributed by atoms with Gasteiger partial charge in [0.25, 0.3) is 5.69 Å². The van der Waals surface area contributed by atoms with Crippen molar-refractivity contribution < 1.29 is 18.9 Å². The summed E-state index contributed by atoms with van der Waals surface area (Å²) in [6, 6.07) is 3.57. The number of hydrogen-bond acceptors (Lipinski definition) is 6. The number of ether oxygens (including phenoxy) is 1. The van der Waals surface area contributed by atoms with Crippen molar-refractivity contribution >= 4 is 22.9 Å². The van der Waals surface area contributed by atoms with E-state index in [1.807, 2.05) is 6.92 Å². The fraction of sp³-hybridized carbons (Fsp3) is 0.385. The summed E-state index contributed by atoms with van der Waals surface area (Å²) >= 11 is 0. The first kappa shape index (κ1) is 14.8. The van der Waals surface area contributed by atoms with E-state index in [0.717, 1.165) is 23.5 Å². The van der Waals surface area contributed by atoms with Crippen LogP contribution in [0.5, 0.6) is 0 Å². The van der Waals surface area contributed by atoms with E-state index in [1.165, 1.54) is 12.1 Å². The average Bonchev–Trinajstić information content (AvgIpc) is 2.78. The zero-order valence-corrected chi connectivity index (χ0v) is 11.4. The molecule has 0 spiro atoms. The van der Waals surface area contributed by atoms with Gasteiger partial charge in [0, 0.05) is 6.07 Å². The summed E-state index contributed by atoms with van der Waals surface area (Å²) in [5.74, 6) is -0.925. The Kier molecular flexibility index (Phi) is 4.36. The molecule has 1 aromatic carbocycles. The fourth-order valence-electron chi connectivity index (χ4n) is 1.87. The van der Waals surface area contributed by atoms with Crippen molar-refractivity contribution in [2.75, 3.05) is 6.61 Å². The molecule has 0 aliphatic heterocycles. The van der Waals surface area contributed by atoms with Crippen LogP contribution < -0.4 is 5.76 Å². The highest BCUT2D eigenvalue weighted by atomic mass is 16.6. The van der Waals surface area contributed by atoms with Gasteiger partial charge in [0.2, 0.25) is 0 Å². The monoisotopic (exact) mass is 294 g/mol. The van der Waals surface area contributed by atoms with Gasteiger partial charge in [-0.3, -0.25) is 10.1 Å². The van der Waals surface area contributed by atoms with Crippen molar-refractivity contribution in [1.29, 1.82) is 0 Å². The second-order valence-corrected chi connectivity index (χ2v) is 4.43. The van der Waals surface area contributed by atoms with Gasteiger partial charge >= 0.3 is 11.8 Å². The predicted molar refractivity (Wildman–Crippen MR) is 73.4 cm³/mol. The van der Waals surface area contributed by atoms with Crippen molar-refractivity contribution in [3.8, 4) is 0 Å². The Bertz CT molecular complexity index is 730. The highest BCUT2D eigenvalue weighted by molar-refractivity contribution is 5.86. The number of nitro groups is 1. The van der Waals surface area contributed by atoms with E-state index in [1.54, 1.807) is 0 Å². The topological polar surface area (TPSA) is 105 Å². The Balaban J connectivity index is 2.27. The van der Waals surface area contributed by atoms with Gasteiger partial charge in [-0.15, -0.1) is 0 Å². The minimum atomic E-state index is -0.925. The first-order valence-electron chi connectivity index (χ1n) is 6.51. The molecule has 0 aliphatic rings. The molecule has 0 aliphatic carbocycles. The summed E-state index contributed by atoms with van der Waals surface area (Å²) in [7, 11) is 0. The van der Waals surface area contributed by atoms with Crippen LogP contribution in [0.2, 0.25) is 0 Å². The summed E-state index contributed by atoms with van der Waals surface area (Å²) < 4.78 is 10.6. The van der Waals surface area contributed by atoms with Crippen LogP contribution in [0, 0.1) is 10.1 Å².